The smallest absolute Gasteiger partial charge is 0.326 e. The SMILES string of the molecule is CN(C(=O)C1CCC(=NCc2cnc3nc(N)[nH]c(=O)c3n2)CC1)[C@@H](CCC(=O)O)C(=O)O. The second-order valence-electron chi connectivity index (χ2n) is 7.88. The molecule has 0 saturated heterocycles. The fraction of sp³-hybridized carbons (Fsp3) is 0.500. The Morgan fingerprint density at radius 3 is 2.61 bits per heavy atom. The third kappa shape index (κ3) is 5.87. The number of nitrogens with one attached hydrogen (secondary N) is 1. The molecule has 0 unspecified atom stereocenters. The third-order valence-electron chi connectivity index (χ3n) is 5.59. The highest BCUT2D eigenvalue weighted by Crippen LogP contribution is 2.25. The van der Waals surface area contributed by atoms with Crippen LogP contribution in [0.15, 0.2) is 16.0 Å². The van der Waals surface area contributed by atoms with Crippen molar-refractivity contribution in [1.82, 2.24) is 24.8 Å². The van der Waals surface area contributed by atoms with Crippen molar-refractivity contribution in [2.75, 3.05) is 12.8 Å². The number of aromatic nitrogens is 4. The van der Waals surface area contributed by atoms with Gasteiger partial charge in [0.25, 0.3) is 5.56 Å². The Morgan fingerprint density at radius 1 is 1.27 bits per heavy atom. The van der Waals surface area contributed by atoms with Crippen LogP contribution >= 0.6 is 0 Å². The number of nitrogens with zero attached hydrogens (tertiary/aromatic N) is 5. The zero-order chi connectivity index (χ0) is 24.1. The lowest BCUT2D eigenvalue weighted by atomic mass is 9.86. The molecule has 13 nitrogen and oxygen atoms in total. The normalized spacial score (nSPS) is 16.9. The standard InChI is InChI=1S/C20H25N7O6/c1-27(13(19(32)33)6-7-14(28)29)18(31)10-2-4-11(5-3-10)22-8-12-9-23-16-15(24-12)17(30)26-20(21)25-16/h9-10,13H,2-8H2,1H3,(H,28,29)(H,32,33)(H3,21,23,25,26,30)/t10?,13-/m0/s1. The number of carbonyl (C=O) groups is 3. The van der Waals surface area contributed by atoms with Gasteiger partial charge in [0, 0.05) is 25.1 Å². The molecule has 13 heteroatoms. The number of rotatable bonds is 8. The van der Waals surface area contributed by atoms with Gasteiger partial charge in [-0.15, -0.1) is 0 Å². The molecule has 0 aromatic carbocycles. The summed E-state index contributed by atoms with van der Waals surface area (Å²) < 4.78 is 0. The van der Waals surface area contributed by atoms with Crippen molar-refractivity contribution in [1.29, 1.82) is 0 Å². The monoisotopic (exact) mass is 459 g/mol. The molecule has 1 aliphatic carbocycles. The van der Waals surface area contributed by atoms with Crippen LogP contribution in [0.4, 0.5) is 5.95 Å². The third-order valence-corrected chi connectivity index (χ3v) is 5.59. The number of hydrogen-bond acceptors (Lipinski definition) is 9. The Bertz CT molecular complexity index is 1150. The molecule has 1 saturated carbocycles. The van der Waals surface area contributed by atoms with Gasteiger partial charge in [-0.1, -0.05) is 0 Å². The molecule has 1 aliphatic rings. The van der Waals surface area contributed by atoms with E-state index in [1.54, 1.807) is 0 Å². The molecule has 2 heterocycles. The molecular weight excluding hydrogens is 434 g/mol. The van der Waals surface area contributed by atoms with E-state index in [1.165, 1.54) is 13.2 Å². The number of H-pyrrole nitrogens is 1. The summed E-state index contributed by atoms with van der Waals surface area (Å²) in [5, 5.41) is 18.2. The van der Waals surface area contributed by atoms with Crippen LogP contribution in [0.3, 0.4) is 0 Å². The number of nitrogens with two attached hydrogens (primary N) is 1. The fourth-order valence-corrected chi connectivity index (χ4v) is 3.78. The summed E-state index contributed by atoms with van der Waals surface area (Å²) in [6.07, 6.45) is 3.16. The lowest BCUT2D eigenvalue weighted by Crippen LogP contribution is -2.46. The van der Waals surface area contributed by atoms with E-state index < -0.39 is 23.5 Å². The van der Waals surface area contributed by atoms with Crippen molar-refractivity contribution in [2.24, 2.45) is 10.9 Å². The summed E-state index contributed by atoms with van der Waals surface area (Å²) in [4.78, 5) is 67.3. The van der Waals surface area contributed by atoms with Crippen LogP contribution in [0.1, 0.15) is 44.2 Å². The average Bonchev–Trinajstić information content (AvgIpc) is 2.77. The highest BCUT2D eigenvalue weighted by Gasteiger charge is 2.32. The zero-order valence-corrected chi connectivity index (χ0v) is 18.0. The van der Waals surface area contributed by atoms with Crippen molar-refractivity contribution in [3.8, 4) is 0 Å². The van der Waals surface area contributed by atoms with E-state index in [4.69, 9.17) is 10.8 Å². The van der Waals surface area contributed by atoms with Gasteiger partial charge in [0.1, 0.15) is 6.04 Å². The van der Waals surface area contributed by atoms with Crippen LogP contribution in [-0.2, 0) is 20.9 Å². The highest BCUT2D eigenvalue weighted by molar-refractivity contribution is 5.89. The van der Waals surface area contributed by atoms with E-state index in [0.29, 0.717) is 31.4 Å². The molecule has 176 valence electrons. The predicted molar refractivity (Wildman–Crippen MR) is 117 cm³/mol. The van der Waals surface area contributed by atoms with Gasteiger partial charge in [-0.05, 0) is 32.1 Å². The molecule has 2 aromatic heterocycles. The largest absolute Gasteiger partial charge is 0.481 e. The molecule has 1 amide bonds. The maximum absolute atomic E-state index is 12.8. The van der Waals surface area contributed by atoms with Crippen LogP contribution < -0.4 is 11.3 Å². The number of amides is 1. The molecule has 5 N–H and O–H groups in total. The number of hydrogen-bond donors (Lipinski definition) is 4. The number of aliphatic carboxylic acids is 2. The van der Waals surface area contributed by atoms with Crippen LogP contribution in [0.5, 0.6) is 0 Å². The van der Waals surface area contributed by atoms with Crippen LogP contribution in [0.25, 0.3) is 11.2 Å². The first-order valence-corrected chi connectivity index (χ1v) is 10.4. The first-order valence-electron chi connectivity index (χ1n) is 10.4. The number of anilines is 1. The first-order chi connectivity index (χ1) is 15.7. The maximum atomic E-state index is 12.8. The van der Waals surface area contributed by atoms with E-state index in [0.717, 1.165) is 10.6 Å². The number of aromatic amines is 1. The molecule has 3 rings (SSSR count). The summed E-state index contributed by atoms with van der Waals surface area (Å²) >= 11 is 0. The van der Waals surface area contributed by atoms with Gasteiger partial charge in [-0.25, -0.2) is 14.8 Å². The van der Waals surface area contributed by atoms with Gasteiger partial charge in [-0.2, -0.15) is 4.98 Å². The van der Waals surface area contributed by atoms with Gasteiger partial charge in [0.05, 0.1) is 18.4 Å². The Balaban J connectivity index is 1.59. The molecule has 0 spiro atoms. The van der Waals surface area contributed by atoms with E-state index in [2.05, 4.69) is 24.9 Å². The molecule has 0 aliphatic heterocycles. The summed E-state index contributed by atoms with van der Waals surface area (Å²) in [6.45, 7) is 0.219. The van der Waals surface area contributed by atoms with Crippen molar-refractivity contribution >= 4 is 40.7 Å². The second-order valence-corrected chi connectivity index (χ2v) is 7.88. The van der Waals surface area contributed by atoms with Gasteiger partial charge < -0.3 is 20.8 Å². The van der Waals surface area contributed by atoms with Gasteiger partial charge in [-0.3, -0.25) is 24.4 Å². The second kappa shape index (κ2) is 10.1. The molecule has 0 radical (unpaired) electrons. The number of carboxylic acid groups (broad SMARTS) is 2. The fourth-order valence-electron chi connectivity index (χ4n) is 3.78. The Morgan fingerprint density at radius 2 is 1.97 bits per heavy atom. The lowest BCUT2D eigenvalue weighted by Gasteiger charge is -2.30. The minimum atomic E-state index is -1.22. The molecule has 1 atom stereocenters. The van der Waals surface area contributed by atoms with Crippen molar-refractivity contribution < 1.29 is 24.6 Å². The molecule has 1 fully saturated rings. The number of nitrogen functional groups attached to an aromatic ring is 1. The van der Waals surface area contributed by atoms with E-state index >= 15 is 0 Å². The number of likely N-dealkylation sites (N-methyl/N-ethyl adjacent to an activating group) is 1. The van der Waals surface area contributed by atoms with Crippen LogP contribution in [0.2, 0.25) is 0 Å². The van der Waals surface area contributed by atoms with Crippen LogP contribution in [-0.4, -0.2) is 71.7 Å². The molecular formula is C20H25N7O6. The Hall–Kier alpha value is -3.90. The Labute approximate surface area is 187 Å². The van der Waals surface area contributed by atoms with Gasteiger partial charge >= 0.3 is 11.9 Å². The minimum absolute atomic E-state index is 0.0386. The van der Waals surface area contributed by atoms with E-state index in [1.807, 2.05) is 0 Å². The van der Waals surface area contributed by atoms with Gasteiger partial charge in [0.15, 0.2) is 11.2 Å². The quantitative estimate of drug-likeness (QED) is 0.422. The van der Waals surface area contributed by atoms with Gasteiger partial charge in [0.2, 0.25) is 11.9 Å². The maximum Gasteiger partial charge on any atom is 0.326 e. The summed E-state index contributed by atoms with van der Waals surface area (Å²) in [6, 6.07) is -1.18. The minimum Gasteiger partial charge on any atom is -0.481 e. The number of carbonyl (C=O) groups excluding carboxylic acids is 1. The topological polar surface area (TPSA) is 205 Å². The molecule has 2 aromatic rings. The summed E-state index contributed by atoms with van der Waals surface area (Å²) in [7, 11) is 1.40. The zero-order valence-electron chi connectivity index (χ0n) is 18.0. The highest BCUT2D eigenvalue weighted by atomic mass is 16.4. The average molecular weight is 459 g/mol. The molecule has 0 bridgehead atoms. The Kier molecular flexibility index (Phi) is 7.30. The lowest BCUT2D eigenvalue weighted by molar-refractivity contribution is -0.152. The predicted octanol–water partition coefficient (Wildman–Crippen LogP) is 0.203. The van der Waals surface area contributed by atoms with Crippen molar-refractivity contribution in [2.45, 2.75) is 51.1 Å². The summed E-state index contributed by atoms with van der Waals surface area (Å²) in [5.74, 6) is -3.03. The van der Waals surface area contributed by atoms with E-state index in [-0.39, 0.29) is 48.3 Å². The number of carboxylic acids is 2. The van der Waals surface area contributed by atoms with E-state index in [9.17, 15) is 24.3 Å². The van der Waals surface area contributed by atoms with Crippen molar-refractivity contribution in [3.63, 3.8) is 0 Å². The first kappa shape index (κ1) is 23.8. The molecule has 33 heavy (non-hydrogen) atoms. The number of fused-ring (bicyclic) bond motifs is 1. The van der Waals surface area contributed by atoms with Crippen LogP contribution in [0, 0.1) is 5.92 Å². The van der Waals surface area contributed by atoms with Crippen molar-refractivity contribution in [3.05, 3.63) is 22.2 Å². The number of aliphatic imine (C=N–C) groups is 1. The summed E-state index contributed by atoms with van der Waals surface area (Å²) in [5.41, 5.74) is 6.63.